The number of halogens is 1. The molecule has 2 aromatic rings. The van der Waals surface area contributed by atoms with Gasteiger partial charge in [-0.25, -0.2) is 0 Å². The molecule has 0 unspecified atom stereocenters. The predicted molar refractivity (Wildman–Crippen MR) is 105 cm³/mol. The Balaban J connectivity index is 2.23. The second-order valence-corrected chi connectivity index (χ2v) is 8.11. The third-order valence-electron chi connectivity index (χ3n) is 5.04. The van der Waals surface area contributed by atoms with Gasteiger partial charge in [0.15, 0.2) is 5.78 Å². The molecular weight excluding hydrogens is 348 g/mol. The fourth-order valence-electron chi connectivity index (χ4n) is 3.62. The van der Waals surface area contributed by atoms with Crippen LogP contribution in [0.2, 0.25) is 5.02 Å². The van der Waals surface area contributed by atoms with Gasteiger partial charge in [-0.1, -0.05) is 41.9 Å². The number of carbonyl (C=O) groups is 1. The Labute approximate surface area is 159 Å². The maximum absolute atomic E-state index is 12.7. The fourth-order valence-corrected chi connectivity index (χ4v) is 3.90. The first-order valence-electron chi connectivity index (χ1n) is 8.76. The molecule has 0 aliphatic carbocycles. The SMILES string of the molecule is CN1CCc2cc(Cl)c(C(=O)C(C)(C)O)cc2[C@](N)(c2ccccc2)C1. The molecule has 0 radical (unpaired) electrons. The average Bonchev–Trinajstić information content (AvgIpc) is 2.70. The Kier molecular flexibility index (Phi) is 4.97. The van der Waals surface area contributed by atoms with Gasteiger partial charge in [-0.05, 0) is 56.1 Å². The maximum atomic E-state index is 12.7. The van der Waals surface area contributed by atoms with Crippen molar-refractivity contribution >= 4 is 17.4 Å². The average molecular weight is 373 g/mol. The van der Waals surface area contributed by atoms with Crippen LogP contribution in [0.1, 0.15) is 40.9 Å². The molecule has 138 valence electrons. The lowest BCUT2D eigenvalue weighted by atomic mass is 9.79. The summed E-state index contributed by atoms with van der Waals surface area (Å²) in [6, 6.07) is 13.5. The summed E-state index contributed by atoms with van der Waals surface area (Å²) in [6.07, 6.45) is 0.800. The first-order chi connectivity index (χ1) is 12.1. The summed E-state index contributed by atoms with van der Waals surface area (Å²) in [6.45, 7) is 4.42. The van der Waals surface area contributed by atoms with Crippen LogP contribution >= 0.6 is 11.6 Å². The third-order valence-corrected chi connectivity index (χ3v) is 5.36. The fraction of sp³-hybridized carbons (Fsp3) is 0.381. The van der Waals surface area contributed by atoms with Crippen molar-refractivity contribution in [2.45, 2.75) is 31.4 Å². The van der Waals surface area contributed by atoms with Crippen LogP contribution in [0, 0.1) is 0 Å². The van der Waals surface area contributed by atoms with Gasteiger partial charge in [0.05, 0.1) is 10.6 Å². The summed E-state index contributed by atoms with van der Waals surface area (Å²) in [5, 5.41) is 10.5. The number of nitrogens with two attached hydrogens (primary N) is 1. The van der Waals surface area contributed by atoms with Crippen molar-refractivity contribution in [3.63, 3.8) is 0 Å². The lowest BCUT2D eigenvalue weighted by molar-refractivity contribution is 0.0488. The van der Waals surface area contributed by atoms with Gasteiger partial charge in [0, 0.05) is 18.7 Å². The Morgan fingerprint density at radius 3 is 2.54 bits per heavy atom. The number of nitrogens with zero attached hydrogens (tertiary/aromatic N) is 1. The number of ketones is 1. The number of aliphatic hydroxyl groups is 1. The van der Waals surface area contributed by atoms with Crippen molar-refractivity contribution in [3.05, 3.63) is 69.7 Å². The van der Waals surface area contributed by atoms with Crippen molar-refractivity contribution in [1.29, 1.82) is 0 Å². The highest BCUT2D eigenvalue weighted by atomic mass is 35.5. The highest BCUT2D eigenvalue weighted by Crippen LogP contribution is 2.36. The van der Waals surface area contributed by atoms with E-state index in [4.69, 9.17) is 17.3 Å². The number of likely N-dealkylation sites (N-methyl/N-ethyl adjacent to an activating group) is 1. The lowest BCUT2D eigenvalue weighted by Gasteiger charge is -2.34. The molecule has 0 aromatic heterocycles. The van der Waals surface area contributed by atoms with Crippen LogP contribution in [-0.4, -0.2) is 41.5 Å². The van der Waals surface area contributed by atoms with E-state index in [0.717, 1.165) is 29.7 Å². The number of carbonyl (C=O) groups excluding carboxylic acids is 1. The van der Waals surface area contributed by atoms with Gasteiger partial charge in [0.25, 0.3) is 0 Å². The number of hydrogen-bond acceptors (Lipinski definition) is 4. The van der Waals surface area contributed by atoms with Crippen molar-refractivity contribution < 1.29 is 9.90 Å². The van der Waals surface area contributed by atoms with E-state index in [9.17, 15) is 9.90 Å². The first kappa shape index (κ1) is 19.1. The molecule has 3 N–H and O–H groups in total. The van der Waals surface area contributed by atoms with E-state index in [2.05, 4.69) is 4.90 Å². The number of rotatable bonds is 3. The van der Waals surface area contributed by atoms with Gasteiger partial charge in [-0.3, -0.25) is 4.79 Å². The van der Waals surface area contributed by atoms with E-state index in [1.807, 2.05) is 43.4 Å². The van der Waals surface area contributed by atoms with Crippen LogP contribution in [0.15, 0.2) is 42.5 Å². The molecule has 5 heteroatoms. The summed E-state index contributed by atoms with van der Waals surface area (Å²) < 4.78 is 0. The minimum atomic E-state index is -1.50. The number of hydrogen-bond donors (Lipinski definition) is 2. The Morgan fingerprint density at radius 2 is 1.92 bits per heavy atom. The molecule has 3 rings (SSSR count). The van der Waals surface area contributed by atoms with Crippen LogP contribution in [0.4, 0.5) is 0 Å². The van der Waals surface area contributed by atoms with Crippen molar-refractivity contribution in [3.8, 4) is 0 Å². The number of Topliss-reactive ketones (excluding diaryl/α,β-unsaturated/α-hetero) is 1. The summed E-state index contributed by atoms with van der Waals surface area (Å²) in [7, 11) is 2.04. The van der Waals surface area contributed by atoms with E-state index in [0.29, 0.717) is 17.1 Å². The van der Waals surface area contributed by atoms with E-state index in [-0.39, 0.29) is 0 Å². The molecule has 1 heterocycles. The normalized spacial score (nSPS) is 21.2. The van der Waals surface area contributed by atoms with Crippen LogP contribution in [0.3, 0.4) is 0 Å². The summed E-state index contributed by atoms with van der Waals surface area (Å²) >= 11 is 6.40. The van der Waals surface area contributed by atoms with Crippen LogP contribution in [0.5, 0.6) is 0 Å². The molecule has 1 atom stereocenters. The summed E-state index contributed by atoms with van der Waals surface area (Å²) in [5.41, 5.74) is 7.92. The minimum Gasteiger partial charge on any atom is -0.382 e. The zero-order valence-electron chi connectivity index (χ0n) is 15.4. The molecule has 0 fully saturated rings. The first-order valence-corrected chi connectivity index (χ1v) is 9.14. The second-order valence-electron chi connectivity index (χ2n) is 7.70. The highest BCUT2D eigenvalue weighted by molar-refractivity contribution is 6.34. The molecule has 4 nitrogen and oxygen atoms in total. The molecule has 0 saturated heterocycles. The molecule has 0 spiro atoms. The maximum Gasteiger partial charge on any atom is 0.195 e. The monoisotopic (exact) mass is 372 g/mol. The summed E-state index contributed by atoms with van der Waals surface area (Å²) in [5.74, 6) is -0.404. The molecule has 0 saturated carbocycles. The Morgan fingerprint density at radius 1 is 1.27 bits per heavy atom. The number of fused-ring (bicyclic) bond motifs is 1. The minimum absolute atomic E-state index is 0.313. The van der Waals surface area contributed by atoms with Gasteiger partial charge in [0.1, 0.15) is 5.60 Å². The van der Waals surface area contributed by atoms with Gasteiger partial charge in [0.2, 0.25) is 0 Å². The number of benzene rings is 2. The van der Waals surface area contributed by atoms with Crippen molar-refractivity contribution in [1.82, 2.24) is 4.90 Å². The summed E-state index contributed by atoms with van der Waals surface area (Å²) in [4.78, 5) is 14.9. The Bertz CT molecular complexity index is 830. The molecule has 26 heavy (non-hydrogen) atoms. The van der Waals surface area contributed by atoms with Crippen molar-refractivity contribution in [2.24, 2.45) is 5.73 Å². The molecular formula is C21H25ClN2O2. The van der Waals surface area contributed by atoms with E-state index in [1.54, 1.807) is 6.07 Å². The predicted octanol–water partition coefficient (Wildman–Crippen LogP) is 2.98. The molecule has 0 bridgehead atoms. The quantitative estimate of drug-likeness (QED) is 0.813. The molecule has 0 amide bonds. The van der Waals surface area contributed by atoms with Gasteiger partial charge in [-0.2, -0.15) is 0 Å². The van der Waals surface area contributed by atoms with Gasteiger partial charge < -0.3 is 15.7 Å². The molecule has 1 aliphatic rings. The van der Waals surface area contributed by atoms with E-state index >= 15 is 0 Å². The molecule has 2 aromatic carbocycles. The van der Waals surface area contributed by atoms with Crippen molar-refractivity contribution in [2.75, 3.05) is 20.1 Å². The topological polar surface area (TPSA) is 66.6 Å². The second kappa shape index (κ2) is 6.78. The largest absolute Gasteiger partial charge is 0.382 e. The van der Waals surface area contributed by atoms with E-state index in [1.165, 1.54) is 13.8 Å². The highest BCUT2D eigenvalue weighted by Gasteiger charge is 2.37. The van der Waals surface area contributed by atoms with Crippen LogP contribution in [0.25, 0.3) is 0 Å². The zero-order chi connectivity index (χ0) is 19.1. The third kappa shape index (κ3) is 3.42. The smallest absolute Gasteiger partial charge is 0.195 e. The Hall–Kier alpha value is -1.72. The standard InChI is InChI=1S/C21H25ClN2O2/c1-20(2,26)19(25)16-12-17-14(11-18(16)22)9-10-24(3)13-21(17,23)15-7-5-4-6-8-15/h4-8,11-12,26H,9-10,13,23H2,1-3H3/t21-/m1/s1. The van der Waals surface area contributed by atoms with Crippen LogP contribution < -0.4 is 5.73 Å². The van der Waals surface area contributed by atoms with Gasteiger partial charge in [-0.15, -0.1) is 0 Å². The lowest BCUT2D eigenvalue weighted by Crippen LogP contribution is -2.47. The van der Waals surface area contributed by atoms with Gasteiger partial charge >= 0.3 is 0 Å². The van der Waals surface area contributed by atoms with Crippen LogP contribution in [-0.2, 0) is 12.0 Å². The zero-order valence-corrected chi connectivity index (χ0v) is 16.2. The molecule has 1 aliphatic heterocycles. The van der Waals surface area contributed by atoms with E-state index < -0.39 is 16.9 Å².